The van der Waals surface area contributed by atoms with Gasteiger partial charge in [-0.2, -0.15) is 0 Å². The van der Waals surface area contributed by atoms with Crippen molar-refractivity contribution in [1.29, 1.82) is 0 Å². The highest BCUT2D eigenvalue weighted by Gasteiger charge is 2.20. The third-order valence-electron chi connectivity index (χ3n) is 1.98. The van der Waals surface area contributed by atoms with Crippen LogP contribution >= 0.6 is 0 Å². The number of nitrogens with one attached hydrogen (secondary N) is 1. The Balaban J connectivity index is 1.89. The van der Waals surface area contributed by atoms with Gasteiger partial charge in [0.25, 0.3) is 0 Å². The molecule has 0 amide bonds. The number of aromatic nitrogens is 1. The van der Waals surface area contributed by atoms with Crippen molar-refractivity contribution < 1.29 is 4.52 Å². The van der Waals surface area contributed by atoms with Gasteiger partial charge in [-0.3, -0.25) is 0 Å². The van der Waals surface area contributed by atoms with Gasteiger partial charge in [0.15, 0.2) is 0 Å². The van der Waals surface area contributed by atoms with Crippen LogP contribution in [0.4, 0.5) is 0 Å². The molecule has 0 unspecified atom stereocenters. The number of aryl methyl sites for hydroxylation is 1. The van der Waals surface area contributed by atoms with Gasteiger partial charge >= 0.3 is 0 Å². The Morgan fingerprint density at radius 1 is 1.73 bits per heavy atom. The molecule has 2 rings (SSSR count). The predicted molar refractivity (Wildman–Crippen MR) is 41.1 cm³/mol. The standard InChI is InChI=1S/C8H12N2O/c1-6-5-11-10-8(6)4-9-7-2-3-7/h5,7,9H,2-4H2,1H3. The normalized spacial score (nSPS) is 17.2. The summed E-state index contributed by atoms with van der Waals surface area (Å²) in [6.07, 6.45) is 4.32. The molecule has 0 bridgehead atoms. The van der Waals surface area contributed by atoms with Gasteiger partial charge in [-0.25, -0.2) is 0 Å². The van der Waals surface area contributed by atoms with Crippen LogP contribution in [0.5, 0.6) is 0 Å². The molecule has 0 radical (unpaired) electrons. The van der Waals surface area contributed by atoms with E-state index in [4.69, 9.17) is 4.52 Å². The van der Waals surface area contributed by atoms with Crippen LogP contribution in [-0.2, 0) is 6.54 Å². The molecule has 0 aliphatic heterocycles. The molecule has 1 aromatic heterocycles. The number of hydrogen-bond acceptors (Lipinski definition) is 3. The minimum atomic E-state index is 0.742. The topological polar surface area (TPSA) is 38.1 Å². The van der Waals surface area contributed by atoms with Crippen molar-refractivity contribution in [2.75, 3.05) is 0 Å². The van der Waals surface area contributed by atoms with E-state index in [2.05, 4.69) is 10.5 Å². The molecule has 1 saturated carbocycles. The van der Waals surface area contributed by atoms with Gasteiger partial charge in [-0.15, -0.1) is 0 Å². The van der Waals surface area contributed by atoms with Crippen molar-refractivity contribution in [2.45, 2.75) is 32.4 Å². The SMILES string of the molecule is Cc1conc1CNC1CC1. The quantitative estimate of drug-likeness (QED) is 0.708. The maximum atomic E-state index is 4.81. The fourth-order valence-electron chi connectivity index (χ4n) is 1.01. The van der Waals surface area contributed by atoms with Crippen molar-refractivity contribution in [3.05, 3.63) is 17.5 Å². The molecule has 0 saturated heterocycles. The smallest absolute Gasteiger partial charge is 0.127 e. The molecule has 1 heterocycles. The zero-order valence-corrected chi connectivity index (χ0v) is 6.63. The minimum absolute atomic E-state index is 0.742. The van der Waals surface area contributed by atoms with Gasteiger partial charge < -0.3 is 9.84 Å². The van der Waals surface area contributed by atoms with Gasteiger partial charge in [0.2, 0.25) is 0 Å². The number of nitrogens with zero attached hydrogens (tertiary/aromatic N) is 1. The molecule has 0 atom stereocenters. The van der Waals surface area contributed by atoms with Gasteiger partial charge in [-0.05, 0) is 19.8 Å². The van der Waals surface area contributed by atoms with Crippen LogP contribution in [0.25, 0.3) is 0 Å². The number of rotatable bonds is 3. The largest absolute Gasteiger partial charge is 0.364 e. The summed E-state index contributed by atoms with van der Waals surface area (Å²) < 4.78 is 4.81. The summed E-state index contributed by atoms with van der Waals surface area (Å²) in [7, 11) is 0. The highest BCUT2D eigenvalue weighted by atomic mass is 16.5. The van der Waals surface area contributed by atoms with Crippen molar-refractivity contribution in [3.63, 3.8) is 0 Å². The van der Waals surface area contributed by atoms with E-state index < -0.39 is 0 Å². The first-order valence-electron chi connectivity index (χ1n) is 3.99. The molecule has 60 valence electrons. The Bertz CT molecular complexity index is 240. The van der Waals surface area contributed by atoms with Gasteiger partial charge in [-0.1, -0.05) is 5.16 Å². The molecule has 0 spiro atoms. The Hall–Kier alpha value is -0.830. The summed E-state index contributed by atoms with van der Waals surface area (Å²) in [6, 6.07) is 0.742. The summed E-state index contributed by atoms with van der Waals surface area (Å²) in [5, 5.41) is 7.26. The van der Waals surface area contributed by atoms with Crippen LogP contribution in [0.2, 0.25) is 0 Å². The second-order valence-corrected chi connectivity index (χ2v) is 3.10. The average molecular weight is 152 g/mol. The minimum Gasteiger partial charge on any atom is -0.364 e. The Morgan fingerprint density at radius 2 is 2.55 bits per heavy atom. The van der Waals surface area contributed by atoms with E-state index >= 15 is 0 Å². The highest BCUT2D eigenvalue weighted by molar-refractivity contribution is 5.11. The number of hydrogen-bond donors (Lipinski definition) is 1. The van der Waals surface area contributed by atoms with Crippen molar-refractivity contribution >= 4 is 0 Å². The first kappa shape index (κ1) is 6.85. The van der Waals surface area contributed by atoms with Crippen molar-refractivity contribution in [2.24, 2.45) is 0 Å². The highest BCUT2D eigenvalue weighted by Crippen LogP contribution is 2.19. The summed E-state index contributed by atoms with van der Waals surface area (Å²) in [6.45, 7) is 2.87. The van der Waals surface area contributed by atoms with E-state index in [0.717, 1.165) is 23.8 Å². The lowest BCUT2D eigenvalue weighted by Crippen LogP contribution is -2.15. The maximum absolute atomic E-state index is 4.81. The molecule has 1 aliphatic carbocycles. The summed E-state index contributed by atoms with van der Waals surface area (Å²) in [5.41, 5.74) is 2.18. The first-order chi connectivity index (χ1) is 5.36. The van der Waals surface area contributed by atoms with Gasteiger partial charge in [0, 0.05) is 18.2 Å². The van der Waals surface area contributed by atoms with Gasteiger partial charge in [0.1, 0.15) is 12.0 Å². The molecule has 3 heteroatoms. The lowest BCUT2D eigenvalue weighted by molar-refractivity contribution is 0.408. The average Bonchev–Trinajstić information content (AvgIpc) is 2.73. The molecule has 1 aromatic rings. The molecule has 1 fully saturated rings. The Morgan fingerprint density at radius 3 is 3.09 bits per heavy atom. The molecule has 1 aliphatic rings. The van der Waals surface area contributed by atoms with E-state index in [9.17, 15) is 0 Å². The second-order valence-electron chi connectivity index (χ2n) is 3.10. The van der Waals surface area contributed by atoms with Crippen molar-refractivity contribution in [3.8, 4) is 0 Å². The zero-order chi connectivity index (χ0) is 7.68. The Labute approximate surface area is 65.8 Å². The molecule has 0 aromatic carbocycles. The van der Waals surface area contributed by atoms with E-state index in [0.29, 0.717) is 0 Å². The Kier molecular flexibility index (Phi) is 1.66. The monoisotopic (exact) mass is 152 g/mol. The van der Waals surface area contributed by atoms with Crippen LogP contribution in [-0.4, -0.2) is 11.2 Å². The van der Waals surface area contributed by atoms with Crippen LogP contribution in [0.3, 0.4) is 0 Å². The van der Waals surface area contributed by atoms with Crippen LogP contribution in [0.15, 0.2) is 10.8 Å². The molecule has 11 heavy (non-hydrogen) atoms. The molecular formula is C8H12N2O. The van der Waals surface area contributed by atoms with Crippen LogP contribution < -0.4 is 5.32 Å². The third kappa shape index (κ3) is 1.60. The molecule has 3 nitrogen and oxygen atoms in total. The van der Waals surface area contributed by atoms with Crippen LogP contribution in [0.1, 0.15) is 24.1 Å². The third-order valence-corrected chi connectivity index (χ3v) is 1.98. The summed E-state index contributed by atoms with van der Waals surface area (Å²) >= 11 is 0. The predicted octanol–water partition coefficient (Wildman–Crippen LogP) is 1.24. The van der Waals surface area contributed by atoms with E-state index in [1.54, 1.807) is 6.26 Å². The van der Waals surface area contributed by atoms with E-state index in [-0.39, 0.29) is 0 Å². The first-order valence-corrected chi connectivity index (χ1v) is 3.99. The summed E-state index contributed by atoms with van der Waals surface area (Å²) in [4.78, 5) is 0. The fourth-order valence-corrected chi connectivity index (χ4v) is 1.01. The van der Waals surface area contributed by atoms with Crippen LogP contribution in [0, 0.1) is 6.92 Å². The van der Waals surface area contributed by atoms with Gasteiger partial charge in [0.05, 0.1) is 0 Å². The summed E-state index contributed by atoms with van der Waals surface area (Å²) in [5.74, 6) is 0. The molecular weight excluding hydrogens is 140 g/mol. The maximum Gasteiger partial charge on any atom is 0.127 e. The second kappa shape index (κ2) is 2.66. The lowest BCUT2D eigenvalue weighted by atomic mass is 10.3. The van der Waals surface area contributed by atoms with E-state index in [1.165, 1.54) is 12.8 Å². The van der Waals surface area contributed by atoms with Crippen molar-refractivity contribution in [1.82, 2.24) is 10.5 Å². The van der Waals surface area contributed by atoms with E-state index in [1.807, 2.05) is 6.92 Å². The lowest BCUT2D eigenvalue weighted by Gasteiger charge is -1.97. The molecule has 1 N–H and O–H groups in total. The fraction of sp³-hybridized carbons (Fsp3) is 0.625. The zero-order valence-electron chi connectivity index (χ0n) is 6.63.